The van der Waals surface area contributed by atoms with E-state index < -0.39 is 0 Å². The summed E-state index contributed by atoms with van der Waals surface area (Å²) >= 11 is 0. The quantitative estimate of drug-likeness (QED) is 0.427. The lowest BCUT2D eigenvalue weighted by Gasteiger charge is -2.34. The van der Waals surface area contributed by atoms with Crippen molar-refractivity contribution in [2.24, 2.45) is 10.9 Å². The normalized spacial score (nSPS) is 15.6. The van der Waals surface area contributed by atoms with Gasteiger partial charge in [0.25, 0.3) is 0 Å². The van der Waals surface area contributed by atoms with Crippen LogP contribution in [0.25, 0.3) is 0 Å². The van der Waals surface area contributed by atoms with E-state index in [1.54, 1.807) is 7.05 Å². The Morgan fingerprint density at radius 2 is 2.04 bits per heavy atom. The molecule has 0 radical (unpaired) electrons. The lowest BCUT2D eigenvalue weighted by atomic mass is 9.93. The van der Waals surface area contributed by atoms with E-state index in [1.807, 2.05) is 7.05 Å². The summed E-state index contributed by atoms with van der Waals surface area (Å²) in [6.45, 7) is 4.80. The first-order chi connectivity index (χ1) is 11.1. The van der Waals surface area contributed by atoms with Crippen molar-refractivity contribution in [1.82, 2.24) is 15.5 Å². The van der Waals surface area contributed by atoms with Gasteiger partial charge < -0.3 is 15.5 Å². The van der Waals surface area contributed by atoms with Crippen molar-refractivity contribution < 1.29 is 4.79 Å². The number of aliphatic imine (C=N–C) groups is 1. The number of halogens is 1. The fourth-order valence-corrected chi connectivity index (χ4v) is 3.05. The van der Waals surface area contributed by atoms with Gasteiger partial charge in [0.15, 0.2) is 5.96 Å². The number of piperidine rings is 1. The van der Waals surface area contributed by atoms with Crippen LogP contribution >= 0.6 is 24.0 Å². The van der Waals surface area contributed by atoms with Crippen molar-refractivity contribution in [2.45, 2.75) is 32.7 Å². The number of carbonyl (C=O) groups is 1. The molecule has 1 aromatic carbocycles. The second-order valence-electron chi connectivity index (χ2n) is 6.20. The first-order valence-corrected chi connectivity index (χ1v) is 8.34. The van der Waals surface area contributed by atoms with Crippen LogP contribution in [0, 0.1) is 12.8 Å². The van der Waals surface area contributed by atoms with Crippen LogP contribution in [0.5, 0.6) is 0 Å². The summed E-state index contributed by atoms with van der Waals surface area (Å²) in [7, 11) is 3.53. The number of nitrogens with zero attached hydrogens (tertiary/aromatic N) is 2. The maximum atomic E-state index is 11.5. The smallest absolute Gasteiger partial charge is 0.220 e. The average molecular weight is 444 g/mol. The van der Waals surface area contributed by atoms with E-state index in [1.165, 1.54) is 11.1 Å². The summed E-state index contributed by atoms with van der Waals surface area (Å²) in [5.74, 6) is 1.58. The van der Waals surface area contributed by atoms with Gasteiger partial charge >= 0.3 is 0 Å². The topological polar surface area (TPSA) is 56.7 Å². The van der Waals surface area contributed by atoms with Crippen molar-refractivity contribution in [1.29, 1.82) is 0 Å². The van der Waals surface area contributed by atoms with Crippen molar-refractivity contribution in [3.05, 3.63) is 35.4 Å². The third-order valence-corrected chi connectivity index (χ3v) is 4.41. The van der Waals surface area contributed by atoms with Gasteiger partial charge in [0.2, 0.25) is 5.91 Å². The zero-order valence-corrected chi connectivity index (χ0v) is 17.2. The Hall–Kier alpha value is -1.31. The van der Waals surface area contributed by atoms with Gasteiger partial charge in [0.1, 0.15) is 0 Å². The van der Waals surface area contributed by atoms with Gasteiger partial charge in [0.05, 0.1) is 0 Å². The van der Waals surface area contributed by atoms with E-state index in [0.29, 0.717) is 12.3 Å². The number of guanidine groups is 1. The highest BCUT2D eigenvalue weighted by molar-refractivity contribution is 14.0. The first kappa shape index (κ1) is 20.7. The Morgan fingerprint density at radius 3 is 2.62 bits per heavy atom. The van der Waals surface area contributed by atoms with E-state index >= 15 is 0 Å². The van der Waals surface area contributed by atoms with Gasteiger partial charge in [0, 0.05) is 40.2 Å². The third kappa shape index (κ3) is 6.30. The molecule has 1 saturated heterocycles. The van der Waals surface area contributed by atoms with Crippen LogP contribution in [0.15, 0.2) is 29.3 Å². The number of likely N-dealkylation sites (tertiary alicyclic amines) is 1. The summed E-state index contributed by atoms with van der Waals surface area (Å²) in [5.41, 5.74) is 2.54. The molecule has 2 rings (SSSR count). The molecule has 0 aromatic heterocycles. The molecule has 0 aliphatic carbocycles. The Bertz CT molecular complexity index is 554. The summed E-state index contributed by atoms with van der Waals surface area (Å²) in [4.78, 5) is 18.2. The highest BCUT2D eigenvalue weighted by Gasteiger charge is 2.22. The first-order valence-electron chi connectivity index (χ1n) is 8.34. The van der Waals surface area contributed by atoms with Gasteiger partial charge in [-0.25, -0.2) is 0 Å². The van der Waals surface area contributed by atoms with Gasteiger partial charge in [-0.2, -0.15) is 0 Å². The van der Waals surface area contributed by atoms with Crippen LogP contribution in [0.4, 0.5) is 0 Å². The van der Waals surface area contributed by atoms with Gasteiger partial charge in [-0.1, -0.05) is 29.8 Å². The molecule has 6 heteroatoms. The summed E-state index contributed by atoms with van der Waals surface area (Å²) in [6.07, 6.45) is 2.72. The van der Waals surface area contributed by atoms with Crippen molar-refractivity contribution >= 4 is 35.8 Å². The molecular weight excluding hydrogens is 415 g/mol. The average Bonchev–Trinajstić information content (AvgIpc) is 2.56. The molecule has 1 aromatic rings. The van der Waals surface area contributed by atoms with Crippen LogP contribution in [-0.4, -0.2) is 44.0 Å². The molecule has 1 aliphatic heterocycles. The van der Waals surface area contributed by atoms with Gasteiger partial charge in [-0.05, 0) is 31.2 Å². The van der Waals surface area contributed by atoms with Crippen LogP contribution in [0.1, 0.15) is 30.4 Å². The van der Waals surface area contributed by atoms with E-state index in [-0.39, 0.29) is 29.9 Å². The number of hydrogen-bond acceptors (Lipinski definition) is 2. The number of nitrogens with one attached hydrogen (secondary N) is 2. The molecule has 1 amide bonds. The molecule has 1 fully saturated rings. The number of aryl methyl sites for hydroxylation is 1. The molecule has 0 unspecified atom stereocenters. The molecule has 0 saturated carbocycles. The standard InChI is InChI=1S/C18H28N4O.HI/c1-14-5-4-6-16(11-14)13-21-18(20-3)22-9-7-15(8-10-22)12-17(23)19-2;/h4-6,11,15H,7-10,12-13H2,1-3H3,(H,19,23)(H,20,21);1H. The molecule has 1 heterocycles. The Kier molecular flexibility index (Phi) is 9.10. The second kappa shape index (κ2) is 10.5. The fraction of sp³-hybridized carbons (Fsp3) is 0.556. The third-order valence-electron chi connectivity index (χ3n) is 4.41. The maximum absolute atomic E-state index is 11.5. The maximum Gasteiger partial charge on any atom is 0.220 e. The lowest BCUT2D eigenvalue weighted by molar-refractivity contribution is -0.121. The van der Waals surface area contributed by atoms with Crippen molar-refractivity contribution in [3.63, 3.8) is 0 Å². The molecule has 0 bridgehead atoms. The minimum atomic E-state index is 0. The van der Waals surface area contributed by atoms with Crippen LogP contribution < -0.4 is 10.6 Å². The minimum Gasteiger partial charge on any atom is -0.359 e. The zero-order chi connectivity index (χ0) is 16.7. The van der Waals surface area contributed by atoms with Crippen molar-refractivity contribution in [3.8, 4) is 0 Å². The number of benzene rings is 1. The molecule has 0 spiro atoms. The van der Waals surface area contributed by atoms with E-state index in [0.717, 1.165) is 38.4 Å². The molecule has 2 N–H and O–H groups in total. The highest BCUT2D eigenvalue weighted by atomic mass is 127. The predicted molar refractivity (Wildman–Crippen MR) is 110 cm³/mol. The Morgan fingerprint density at radius 1 is 1.33 bits per heavy atom. The van der Waals surface area contributed by atoms with Crippen LogP contribution in [-0.2, 0) is 11.3 Å². The number of hydrogen-bond donors (Lipinski definition) is 2. The fourth-order valence-electron chi connectivity index (χ4n) is 3.05. The number of carbonyl (C=O) groups excluding carboxylic acids is 1. The molecule has 5 nitrogen and oxygen atoms in total. The van der Waals surface area contributed by atoms with Gasteiger partial charge in [-0.15, -0.1) is 24.0 Å². The minimum absolute atomic E-state index is 0. The molecule has 134 valence electrons. The zero-order valence-electron chi connectivity index (χ0n) is 14.8. The largest absolute Gasteiger partial charge is 0.359 e. The Balaban J connectivity index is 0.00000288. The van der Waals surface area contributed by atoms with Gasteiger partial charge in [-0.3, -0.25) is 9.79 Å². The highest BCUT2D eigenvalue weighted by Crippen LogP contribution is 2.20. The molecule has 0 atom stereocenters. The van der Waals surface area contributed by atoms with Crippen molar-refractivity contribution in [2.75, 3.05) is 27.2 Å². The molecular formula is C18H29IN4O. The number of amides is 1. The van der Waals surface area contributed by atoms with E-state index in [9.17, 15) is 4.79 Å². The van der Waals surface area contributed by atoms with Crippen LogP contribution in [0.3, 0.4) is 0 Å². The Labute approximate surface area is 162 Å². The van der Waals surface area contributed by atoms with Crippen LogP contribution in [0.2, 0.25) is 0 Å². The van der Waals surface area contributed by atoms with E-state index in [4.69, 9.17) is 0 Å². The number of rotatable bonds is 4. The summed E-state index contributed by atoms with van der Waals surface area (Å²) in [6, 6.07) is 8.51. The molecule has 1 aliphatic rings. The predicted octanol–water partition coefficient (Wildman–Crippen LogP) is 2.54. The monoisotopic (exact) mass is 444 g/mol. The molecule has 24 heavy (non-hydrogen) atoms. The second-order valence-corrected chi connectivity index (χ2v) is 6.20. The summed E-state index contributed by atoms with van der Waals surface area (Å²) in [5, 5.41) is 6.16. The lowest BCUT2D eigenvalue weighted by Crippen LogP contribution is -2.45. The summed E-state index contributed by atoms with van der Waals surface area (Å²) < 4.78 is 0. The van der Waals surface area contributed by atoms with E-state index in [2.05, 4.69) is 51.7 Å². The SMILES string of the molecule is CN=C(NCc1cccc(C)c1)N1CCC(CC(=O)NC)CC1.I.